The lowest BCUT2D eigenvalue weighted by atomic mass is 10.3. The fourth-order valence-electron chi connectivity index (χ4n) is 1.19. The van der Waals surface area contributed by atoms with Crippen LogP contribution in [0.25, 0.3) is 0 Å². The number of hydrogen-bond donors (Lipinski definition) is 1. The van der Waals surface area contributed by atoms with Crippen LogP contribution in [0.15, 0.2) is 29.2 Å². The second-order valence-corrected chi connectivity index (χ2v) is 5.74. The van der Waals surface area contributed by atoms with Crippen LogP contribution in [0.2, 0.25) is 0 Å². The van der Waals surface area contributed by atoms with Crippen molar-refractivity contribution in [3.8, 4) is 11.8 Å². The van der Waals surface area contributed by atoms with E-state index in [4.69, 9.17) is 0 Å². The molecule has 1 rings (SSSR count). The van der Waals surface area contributed by atoms with Gasteiger partial charge in [-0.3, -0.25) is 0 Å². The number of rotatable bonds is 4. The number of sulfonamides is 1. The second-order valence-electron chi connectivity index (χ2n) is 3.59. The molecule has 0 saturated heterocycles. The molecule has 0 unspecified atom stereocenters. The van der Waals surface area contributed by atoms with Gasteiger partial charge in [-0.2, -0.15) is 0 Å². The first-order valence-corrected chi connectivity index (χ1v) is 6.58. The van der Waals surface area contributed by atoms with E-state index in [2.05, 4.69) is 17.2 Å². The molecular formula is C12H16N2O2S. The van der Waals surface area contributed by atoms with Crippen molar-refractivity contribution in [2.75, 3.05) is 26.0 Å². The fourth-order valence-corrected chi connectivity index (χ4v) is 2.09. The first-order chi connectivity index (χ1) is 7.98. The van der Waals surface area contributed by atoms with Crippen LogP contribution in [0.4, 0.5) is 5.69 Å². The molecule has 0 aliphatic heterocycles. The third-order valence-corrected chi connectivity index (χ3v) is 4.02. The van der Waals surface area contributed by atoms with Crippen molar-refractivity contribution in [3.05, 3.63) is 24.3 Å². The highest BCUT2D eigenvalue weighted by atomic mass is 32.2. The van der Waals surface area contributed by atoms with Crippen molar-refractivity contribution >= 4 is 15.7 Å². The number of anilines is 1. The maximum Gasteiger partial charge on any atom is 0.242 e. The van der Waals surface area contributed by atoms with E-state index in [1.807, 2.05) is 0 Å². The van der Waals surface area contributed by atoms with Crippen LogP contribution >= 0.6 is 0 Å². The largest absolute Gasteiger partial charge is 0.374 e. The van der Waals surface area contributed by atoms with E-state index < -0.39 is 10.0 Å². The molecule has 0 aliphatic carbocycles. The molecule has 4 nitrogen and oxygen atoms in total. The summed E-state index contributed by atoms with van der Waals surface area (Å²) in [6.45, 7) is 2.32. The Kier molecular flexibility index (Phi) is 4.55. The molecule has 1 aromatic rings. The molecule has 0 aliphatic rings. The zero-order valence-electron chi connectivity index (χ0n) is 10.2. The highest BCUT2D eigenvalue weighted by Gasteiger charge is 2.16. The number of hydrogen-bond acceptors (Lipinski definition) is 3. The first-order valence-electron chi connectivity index (χ1n) is 5.14. The van der Waals surface area contributed by atoms with E-state index in [0.717, 1.165) is 5.69 Å². The second kappa shape index (κ2) is 5.71. The Labute approximate surface area is 103 Å². The lowest BCUT2D eigenvalue weighted by Gasteiger charge is -2.11. The summed E-state index contributed by atoms with van der Waals surface area (Å²) in [7, 11) is -0.317. The van der Waals surface area contributed by atoms with Crippen molar-refractivity contribution in [1.82, 2.24) is 4.31 Å². The van der Waals surface area contributed by atoms with Gasteiger partial charge in [0.15, 0.2) is 0 Å². The Hall–Kier alpha value is -1.51. The Bertz CT molecular complexity index is 522. The molecule has 0 atom stereocenters. The highest BCUT2D eigenvalue weighted by Crippen LogP contribution is 2.16. The number of nitrogens with one attached hydrogen (secondary N) is 1. The molecule has 0 spiro atoms. The van der Waals surface area contributed by atoms with Crippen LogP contribution in [0, 0.1) is 11.8 Å². The molecule has 92 valence electrons. The van der Waals surface area contributed by atoms with Gasteiger partial charge in [-0.1, -0.05) is 5.92 Å². The van der Waals surface area contributed by atoms with Gasteiger partial charge in [0.2, 0.25) is 10.0 Å². The quantitative estimate of drug-likeness (QED) is 0.823. The lowest BCUT2D eigenvalue weighted by molar-refractivity contribution is 0.521. The van der Waals surface area contributed by atoms with E-state index >= 15 is 0 Å². The molecule has 17 heavy (non-hydrogen) atoms. The predicted molar refractivity (Wildman–Crippen MR) is 69.3 cm³/mol. The average Bonchev–Trinajstić information content (AvgIpc) is 2.30. The van der Waals surface area contributed by atoms with Crippen LogP contribution in [-0.4, -0.2) is 33.4 Å². The lowest BCUT2D eigenvalue weighted by Crippen LogP contribution is -2.22. The predicted octanol–water partition coefficient (Wildman–Crippen LogP) is 1.37. The van der Waals surface area contributed by atoms with Crippen molar-refractivity contribution in [2.45, 2.75) is 11.8 Å². The molecule has 0 radical (unpaired) electrons. The Morgan fingerprint density at radius 3 is 2.29 bits per heavy atom. The van der Waals surface area contributed by atoms with Crippen molar-refractivity contribution < 1.29 is 8.42 Å². The molecule has 0 amide bonds. The monoisotopic (exact) mass is 252 g/mol. The normalized spacial score (nSPS) is 10.8. The minimum Gasteiger partial charge on any atom is -0.374 e. The zero-order chi connectivity index (χ0) is 12.9. The molecule has 1 N–H and O–H groups in total. The summed E-state index contributed by atoms with van der Waals surface area (Å²) in [5, 5.41) is 3.07. The van der Waals surface area contributed by atoms with E-state index in [1.165, 1.54) is 18.4 Å². The van der Waals surface area contributed by atoms with Gasteiger partial charge in [0.1, 0.15) is 0 Å². The molecule has 0 aromatic heterocycles. The number of nitrogens with zero attached hydrogens (tertiary/aromatic N) is 1. The first kappa shape index (κ1) is 13.6. The number of benzene rings is 1. The van der Waals surface area contributed by atoms with Crippen molar-refractivity contribution in [2.24, 2.45) is 0 Å². The zero-order valence-corrected chi connectivity index (χ0v) is 11.0. The van der Waals surface area contributed by atoms with Crippen molar-refractivity contribution in [1.29, 1.82) is 0 Å². The Balaban J connectivity index is 2.84. The minimum atomic E-state index is -3.34. The summed E-state index contributed by atoms with van der Waals surface area (Å²) in [5.74, 6) is 5.65. The SMILES string of the molecule is CC#CCNc1ccc(S(=O)(=O)N(C)C)cc1. The summed E-state index contributed by atoms with van der Waals surface area (Å²) < 4.78 is 24.8. The van der Waals surface area contributed by atoms with Gasteiger partial charge in [0.05, 0.1) is 11.4 Å². The summed E-state index contributed by atoms with van der Waals surface area (Å²) in [6.07, 6.45) is 0. The maximum absolute atomic E-state index is 11.8. The standard InChI is InChI=1S/C12H16N2O2S/c1-4-5-10-13-11-6-8-12(9-7-11)17(15,16)14(2)3/h6-9,13H,10H2,1-3H3. The molecule has 5 heteroatoms. The van der Waals surface area contributed by atoms with E-state index in [9.17, 15) is 8.42 Å². The molecule has 0 saturated carbocycles. The van der Waals surface area contributed by atoms with Gasteiger partial charge >= 0.3 is 0 Å². The molecule has 1 aromatic carbocycles. The highest BCUT2D eigenvalue weighted by molar-refractivity contribution is 7.89. The van der Waals surface area contributed by atoms with Crippen LogP contribution in [0.3, 0.4) is 0 Å². The summed E-state index contributed by atoms with van der Waals surface area (Å²) in [6, 6.07) is 6.62. The topological polar surface area (TPSA) is 49.4 Å². The van der Waals surface area contributed by atoms with Crippen LogP contribution < -0.4 is 5.32 Å². The van der Waals surface area contributed by atoms with Crippen LogP contribution in [0.1, 0.15) is 6.92 Å². The van der Waals surface area contributed by atoms with Gasteiger partial charge in [0, 0.05) is 19.8 Å². The van der Waals surface area contributed by atoms with Gasteiger partial charge in [-0.25, -0.2) is 12.7 Å². The van der Waals surface area contributed by atoms with Gasteiger partial charge in [0.25, 0.3) is 0 Å². The smallest absolute Gasteiger partial charge is 0.242 e. The summed E-state index contributed by atoms with van der Waals surface area (Å²) in [5.41, 5.74) is 0.852. The van der Waals surface area contributed by atoms with Crippen LogP contribution in [-0.2, 0) is 10.0 Å². The van der Waals surface area contributed by atoms with E-state index in [0.29, 0.717) is 6.54 Å². The van der Waals surface area contributed by atoms with E-state index in [1.54, 1.807) is 31.2 Å². The Morgan fingerprint density at radius 1 is 1.24 bits per heavy atom. The fraction of sp³-hybridized carbons (Fsp3) is 0.333. The molecule has 0 fully saturated rings. The molecule has 0 bridgehead atoms. The Morgan fingerprint density at radius 2 is 1.82 bits per heavy atom. The minimum absolute atomic E-state index is 0.287. The van der Waals surface area contributed by atoms with Gasteiger partial charge in [-0.15, -0.1) is 5.92 Å². The van der Waals surface area contributed by atoms with Gasteiger partial charge in [-0.05, 0) is 31.2 Å². The third kappa shape index (κ3) is 3.48. The summed E-state index contributed by atoms with van der Waals surface area (Å²) >= 11 is 0. The third-order valence-electron chi connectivity index (χ3n) is 2.19. The van der Waals surface area contributed by atoms with Crippen molar-refractivity contribution in [3.63, 3.8) is 0 Å². The van der Waals surface area contributed by atoms with E-state index in [-0.39, 0.29) is 4.90 Å². The summed E-state index contributed by atoms with van der Waals surface area (Å²) in [4.78, 5) is 0.287. The van der Waals surface area contributed by atoms with Gasteiger partial charge < -0.3 is 5.32 Å². The maximum atomic E-state index is 11.8. The molecular weight excluding hydrogens is 236 g/mol. The molecule has 0 heterocycles. The average molecular weight is 252 g/mol. The van der Waals surface area contributed by atoms with Crippen LogP contribution in [0.5, 0.6) is 0 Å².